The first-order chi connectivity index (χ1) is 5.08. The van der Waals surface area contributed by atoms with Crippen molar-refractivity contribution >= 4 is 0 Å². The molecule has 11 heavy (non-hydrogen) atoms. The second-order valence-corrected chi connectivity index (χ2v) is 3.98. The Bertz CT molecular complexity index is 111. The highest BCUT2D eigenvalue weighted by molar-refractivity contribution is 4.69. The zero-order chi connectivity index (χ0) is 8.32. The Kier molecular flexibility index (Phi) is 2.90. The van der Waals surface area contributed by atoms with Crippen LogP contribution in [0.15, 0.2) is 0 Å². The van der Waals surface area contributed by atoms with Gasteiger partial charge in [-0.05, 0) is 26.7 Å². The molecule has 0 aromatic rings. The number of hydrogen-bond donors (Lipinski definition) is 1. The average Bonchev–Trinajstić information content (AvgIpc) is 1.85. The molecule has 0 amide bonds. The second-order valence-electron chi connectivity index (χ2n) is 3.98. The lowest BCUT2D eigenvalue weighted by atomic mass is 9.97. The fraction of sp³-hybridized carbons (Fsp3) is 1.00. The number of rotatable bonds is 2. The molecule has 1 rings (SSSR count). The molecule has 2 nitrogen and oxygen atoms in total. The van der Waals surface area contributed by atoms with Crippen LogP contribution in [-0.4, -0.2) is 11.8 Å². The third kappa shape index (κ3) is 3.73. The van der Waals surface area contributed by atoms with Crippen molar-refractivity contribution in [2.45, 2.75) is 57.8 Å². The first-order valence-corrected chi connectivity index (χ1v) is 4.54. The van der Waals surface area contributed by atoms with Gasteiger partial charge in [0.2, 0.25) is 0 Å². The molecule has 0 aromatic heterocycles. The largest absolute Gasteiger partial charge is 0.358 e. The van der Waals surface area contributed by atoms with Crippen LogP contribution >= 0.6 is 0 Å². The van der Waals surface area contributed by atoms with E-state index in [2.05, 4.69) is 0 Å². The third-order valence-electron chi connectivity index (χ3n) is 2.02. The van der Waals surface area contributed by atoms with E-state index in [0.29, 0.717) is 6.10 Å². The van der Waals surface area contributed by atoms with Crippen LogP contribution in [0.5, 0.6) is 0 Å². The van der Waals surface area contributed by atoms with Gasteiger partial charge < -0.3 is 10.5 Å². The Balaban J connectivity index is 2.24. The molecule has 0 saturated heterocycles. The highest BCUT2D eigenvalue weighted by atomic mass is 16.5. The molecule has 0 spiro atoms. The van der Waals surface area contributed by atoms with Crippen molar-refractivity contribution in [2.75, 3.05) is 0 Å². The fourth-order valence-corrected chi connectivity index (χ4v) is 1.61. The molecule has 1 saturated carbocycles. The second kappa shape index (κ2) is 3.55. The maximum absolute atomic E-state index is 5.74. The van der Waals surface area contributed by atoms with Crippen molar-refractivity contribution in [3.05, 3.63) is 0 Å². The lowest BCUT2D eigenvalue weighted by Crippen LogP contribution is -2.39. The molecule has 1 fully saturated rings. The van der Waals surface area contributed by atoms with E-state index in [0.717, 1.165) is 0 Å². The molecule has 2 heteroatoms. The van der Waals surface area contributed by atoms with Crippen molar-refractivity contribution in [1.29, 1.82) is 0 Å². The predicted molar refractivity (Wildman–Crippen MR) is 46.2 cm³/mol. The summed E-state index contributed by atoms with van der Waals surface area (Å²) in [7, 11) is 0. The van der Waals surface area contributed by atoms with Gasteiger partial charge in [-0.2, -0.15) is 0 Å². The quantitative estimate of drug-likeness (QED) is 0.622. The van der Waals surface area contributed by atoms with Gasteiger partial charge >= 0.3 is 0 Å². The summed E-state index contributed by atoms with van der Waals surface area (Å²) in [4.78, 5) is 0. The molecule has 0 bridgehead atoms. The summed E-state index contributed by atoms with van der Waals surface area (Å²) in [6.07, 6.45) is 6.79. The first kappa shape index (κ1) is 9.01. The topological polar surface area (TPSA) is 35.2 Å². The predicted octanol–water partition coefficient (Wildman–Crippen LogP) is 2.03. The molecule has 1 aliphatic rings. The maximum atomic E-state index is 5.74. The molecule has 66 valence electrons. The number of ether oxygens (including phenoxy) is 1. The van der Waals surface area contributed by atoms with E-state index >= 15 is 0 Å². The molecule has 0 aliphatic heterocycles. The Labute approximate surface area is 69.1 Å². The van der Waals surface area contributed by atoms with E-state index in [4.69, 9.17) is 10.5 Å². The van der Waals surface area contributed by atoms with Crippen molar-refractivity contribution in [2.24, 2.45) is 5.73 Å². The van der Waals surface area contributed by atoms with Gasteiger partial charge in [0.05, 0.1) is 6.10 Å². The molecule has 2 N–H and O–H groups in total. The summed E-state index contributed by atoms with van der Waals surface area (Å²) in [5.74, 6) is 0. The summed E-state index contributed by atoms with van der Waals surface area (Å²) in [6, 6.07) is 0. The summed E-state index contributed by atoms with van der Waals surface area (Å²) >= 11 is 0. The molecule has 0 unspecified atom stereocenters. The smallest absolute Gasteiger partial charge is 0.111 e. The minimum absolute atomic E-state index is 0.420. The molecule has 0 heterocycles. The number of nitrogens with two attached hydrogens (primary N) is 1. The minimum atomic E-state index is -0.442. The van der Waals surface area contributed by atoms with E-state index in [-0.39, 0.29) is 0 Å². The first-order valence-electron chi connectivity index (χ1n) is 4.54. The summed E-state index contributed by atoms with van der Waals surface area (Å²) < 4.78 is 5.66. The van der Waals surface area contributed by atoms with E-state index in [1.165, 1.54) is 32.1 Å². The van der Waals surface area contributed by atoms with Crippen LogP contribution in [0.2, 0.25) is 0 Å². The van der Waals surface area contributed by atoms with Crippen molar-refractivity contribution in [3.63, 3.8) is 0 Å². The highest BCUT2D eigenvalue weighted by Crippen LogP contribution is 2.22. The van der Waals surface area contributed by atoms with Gasteiger partial charge in [-0.25, -0.2) is 0 Å². The molecular formula is C9H19NO. The lowest BCUT2D eigenvalue weighted by molar-refractivity contribution is -0.0805. The van der Waals surface area contributed by atoms with Crippen LogP contribution in [0, 0.1) is 0 Å². The van der Waals surface area contributed by atoms with Crippen molar-refractivity contribution in [3.8, 4) is 0 Å². The Morgan fingerprint density at radius 3 is 2.18 bits per heavy atom. The standard InChI is InChI=1S/C9H19NO/c1-9(2,10)11-8-6-4-3-5-7-8/h8H,3-7,10H2,1-2H3. The normalized spacial score (nSPS) is 22.1. The molecular weight excluding hydrogens is 138 g/mol. The van der Waals surface area contributed by atoms with Gasteiger partial charge in [-0.1, -0.05) is 19.3 Å². The zero-order valence-electron chi connectivity index (χ0n) is 7.60. The maximum Gasteiger partial charge on any atom is 0.111 e. The van der Waals surface area contributed by atoms with E-state index in [1.807, 2.05) is 13.8 Å². The van der Waals surface area contributed by atoms with Crippen LogP contribution in [0.25, 0.3) is 0 Å². The van der Waals surface area contributed by atoms with Gasteiger partial charge in [0.15, 0.2) is 0 Å². The Morgan fingerprint density at radius 1 is 1.18 bits per heavy atom. The van der Waals surface area contributed by atoms with Crippen LogP contribution in [0.3, 0.4) is 0 Å². The SMILES string of the molecule is CC(C)(N)OC1CCCCC1. The van der Waals surface area contributed by atoms with Gasteiger partial charge in [0, 0.05) is 0 Å². The Morgan fingerprint density at radius 2 is 1.73 bits per heavy atom. The lowest BCUT2D eigenvalue weighted by Gasteiger charge is -2.29. The Hall–Kier alpha value is -0.0800. The highest BCUT2D eigenvalue weighted by Gasteiger charge is 2.20. The van der Waals surface area contributed by atoms with Gasteiger partial charge in [0.1, 0.15) is 5.72 Å². The van der Waals surface area contributed by atoms with Gasteiger partial charge in [0.25, 0.3) is 0 Å². The summed E-state index contributed by atoms with van der Waals surface area (Å²) in [5, 5.41) is 0. The summed E-state index contributed by atoms with van der Waals surface area (Å²) in [6.45, 7) is 3.84. The van der Waals surface area contributed by atoms with E-state index in [9.17, 15) is 0 Å². The average molecular weight is 157 g/mol. The van der Waals surface area contributed by atoms with Crippen LogP contribution in [0.1, 0.15) is 46.0 Å². The van der Waals surface area contributed by atoms with E-state index < -0.39 is 5.72 Å². The van der Waals surface area contributed by atoms with Crippen molar-refractivity contribution < 1.29 is 4.74 Å². The van der Waals surface area contributed by atoms with Gasteiger partial charge in [-0.15, -0.1) is 0 Å². The van der Waals surface area contributed by atoms with Crippen LogP contribution in [0.4, 0.5) is 0 Å². The monoisotopic (exact) mass is 157 g/mol. The summed E-state index contributed by atoms with van der Waals surface area (Å²) in [5.41, 5.74) is 5.30. The van der Waals surface area contributed by atoms with E-state index in [1.54, 1.807) is 0 Å². The molecule has 0 atom stereocenters. The van der Waals surface area contributed by atoms with Crippen molar-refractivity contribution in [1.82, 2.24) is 0 Å². The number of hydrogen-bond acceptors (Lipinski definition) is 2. The fourth-order valence-electron chi connectivity index (χ4n) is 1.61. The minimum Gasteiger partial charge on any atom is -0.358 e. The third-order valence-corrected chi connectivity index (χ3v) is 2.02. The zero-order valence-corrected chi connectivity index (χ0v) is 7.60. The van der Waals surface area contributed by atoms with Crippen LogP contribution in [-0.2, 0) is 4.74 Å². The van der Waals surface area contributed by atoms with Gasteiger partial charge in [-0.3, -0.25) is 0 Å². The van der Waals surface area contributed by atoms with Crippen LogP contribution < -0.4 is 5.73 Å². The molecule has 0 aromatic carbocycles. The molecule has 1 aliphatic carbocycles. The molecule has 0 radical (unpaired) electrons.